The predicted octanol–water partition coefficient (Wildman–Crippen LogP) is 10.2. The van der Waals surface area contributed by atoms with Crippen molar-refractivity contribution >= 4 is 0 Å². The van der Waals surface area contributed by atoms with E-state index in [-0.39, 0.29) is 0 Å². The van der Waals surface area contributed by atoms with E-state index in [9.17, 15) is 0 Å². The summed E-state index contributed by atoms with van der Waals surface area (Å²) >= 11 is 0. The Kier molecular flexibility index (Phi) is 72.2. The second-order valence-electron chi connectivity index (χ2n) is 6.00. The zero-order valence-corrected chi connectivity index (χ0v) is 20.3. The van der Waals surface area contributed by atoms with Crippen molar-refractivity contribution < 1.29 is 0 Å². The quantitative estimate of drug-likeness (QED) is 0.471. The van der Waals surface area contributed by atoms with E-state index < -0.39 is 0 Å². The molecule has 0 unspecified atom stereocenters. The number of rotatable bonds is 2. The molecular weight excluding hydrogens is 276 g/mol. The average Bonchev–Trinajstić information content (AvgIpc) is 3.29. The standard InChI is InChI=1S/C6H14.C5H10.2C3H8.3C2H6/c1-4-6(3)5-2;1-5(2)3-4-5;2*1-3-2;3*1-2/h6H,4-5H2,1-3H3;3-4H2,1-2H3;2*3H2,1-2H3;3*1-2H3. The summed E-state index contributed by atoms with van der Waals surface area (Å²) in [5, 5.41) is 0. The van der Waals surface area contributed by atoms with Gasteiger partial charge in [0.2, 0.25) is 0 Å². The molecule has 0 aliphatic heterocycles. The highest BCUT2D eigenvalue weighted by atomic mass is 14.4. The molecule has 1 saturated carbocycles. The van der Waals surface area contributed by atoms with Gasteiger partial charge in [-0.25, -0.2) is 0 Å². The van der Waals surface area contributed by atoms with E-state index in [1.54, 1.807) is 0 Å². The van der Waals surface area contributed by atoms with Crippen LogP contribution < -0.4 is 0 Å². The van der Waals surface area contributed by atoms with Gasteiger partial charge in [-0.2, -0.15) is 0 Å². The van der Waals surface area contributed by atoms with E-state index in [1.165, 1.54) is 38.5 Å². The molecule has 0 spiro atoms. The molecular formula is C23H58. The fourth-order valence-corrected chi connectivity index (χ4v) is 0.539. The van der Waals surface area contributed by atoms with Gasteiger partial charge in [0.25, 0.3) is 0 Å². The maximum Gasteiger partial charge on any atom is -0.0354 e. The van der Waals surface area contributed by atoms with E-state index in [2.05, 4.69) is 62.3 Å². The van der Waals surface area contributed by atoms with Crippen molar-refractivity contribution in [3.63, 3.8) is 0 Å². The first kappa shape index (κ1) is 38.5. The van der Waals surface area contributed by atoms with Gasteiger partial charge < -0.3 is 0 Å². The maximum absolute atomic E-state index is 2.30. The van der Waals surface area contributed by atoms with Crippen molar-refractivity contribution in [3.8, 4) is 0 Å². The molecule has 1 fully saturated rings. The van der Waals surface area contributed by atoms with Gasteiger partial charge in [0, 0.05) is 0 Å². The largest absolute Gasteiger partial charge is 0.0683 e. The Balaban J connectivity index is -0.0000000389. The van der Waals surface area contributed by atoms with Crippen molar-refractivity contribution in [2.24, 2.45) is 11.3 Å². The Hall–Kier alpha value is 0. The van der Waals surface area contributed by atoms with Crippen molar-refractivity contribution in [1.82, 2.24) is 0 Å². The highest BCUT2D eigenvalue weighted by molar-refractivity contribution is 4.82. The van der Waals surface area contributed by atoms with Crippen molar-refractivity contribution in [2.75, 3.05) is 0 Å². The summed E-state index contributed by atoms with van der Waals surface area (Å²) in [7, 11) is 0. The van der Waals surface area contributed by atoms with Gasteiger partial charge in [-0.3, -0.25) is 0 Å². The zero-order valence-electron chi connectivity index (χ0n) is 20.3. The molecule has 23 heavy (non-hydrogen) atoms. The fourth-order valence-electron chi connectivity index (χ4n) is 0.539. The molecule has 0 heteroatoms. The molecule has 0 N–H and O–H groups in total. The summed E-state index contributed by atoms with van der Waals surface area (Å²) in [5.41, 5.74) is 0.750. The van der Waals surface area contributed by atoms with Gasteiger partial charge in [-0.1, -0.05) is 130 Å². The van der Waals surface area contributed by atoms with Crippen LogP contribution in [-0.2, 0) is 0 Å². The Morgan fingerprint density at radius 3 is 0.739 bits per heavy atom. The lowest BCUT2D eigenvalue weighted by molar-refractivity contribution is 0.544. The van der Waals surface area contributed by atoms with Crippen LogP contribution in [0.4, 0.5) is 0 Å². The Bertz CT molecular complexity index is 101. The van der Waals surface area contributed by atoms with Crippen LogP contribution in [0.1, 0.15) is 142 Å². The summed E-state index contributed by atoms with van der Waals surface area (Å²) in [6.45, 7) is 31.8. The first-order valence-electron chi connectivity index (χ1n) is 10.8. The molecule has 0 amide bonds. The molecule has 0 bridgehead atoms. The molecule has 1 aliphatic carbocycles. The number of hydrogen-bond donors (Lipinski definition) is 0. The minimum atomic E-state index is 0.750. The predicted molar refractivity (Wildman–Crippen MR) is 119 cm³/mol. The topological polar surface area (TPSA) is 0 Å². The lowest BCUT2D eigenvalue weighted by Gasteiger charge is -1.98. The first-order chi connectivity index (χ1) is 10.8. The van der Waals surface area contributed by atoms with Crippen LogP contribution in [-0.4, -0.2) is 0 Å². The average molecular weight is 335 g/mol. The Morgan fingerprint density at radius 2 is 0.739 bits per heavy atom. The van der Waals surface area contributed by atoms with E-state index in [1.807, 2.05) is 41.5 Å². The molecule has 0 aromatic carbocycles. The summed E-state index contributed by atoms with van der Waals surface area (Å²) in [6, 6.07) is 0. The third kappa shape index (κ3) is 109. The summed E-state index contributed by atoms with van der Waals surface area (Å²) in [6.07, 6.45) is 8.06. The van der Waals surface area contributed by atoms with Crippen LogP contribution in [0.3, 0.4) is 0 Å². The second kappa shape index (κ2) is 43.1. The minimum Gasteiger partial charge on any atom is -0.0683 e. The van der Waals surface area contributed by atoms with Crippen LogP contribution in [0.2, 0.25) is 0 Å². The van der Waals surface area contributed by atoms with Crippen molar-refractivity contribution in [3.05, 3.63) is 0 Å². The highest BCUT2D eigenvalue weighted by Crippen LogP contribution is 2.43. The summed E-state index contributed by atoms with van der Waals surface area (Å²) in [5.74, 6) is 0.935. The SMILES string of the molecule is CC.CC.CC.CC1(C)CC1.CCC.CCC.CCC(C)CC. The summed E-state index contributed by atoms with van der Waals surface area (Å²) < 4.78 is 0. The molecule has 0 nitrogen and oxygen atoms in total. The van der Waals surface area contributed by atoms with E-state index in [0.29, 0.717) is 0 Å². The lowest BCUT2D eigenvalue weighted by atomic mass is 10.1. The maximum atomic E-state index is 2.30. The van der Waals surface area contributed by atoms with Crippen molar-refractivity contribution in [2.45, 2.75) is 142 Å². The van der Waals surface area contributed by atoms with Gasteiger partial charge in [-0.15, -0.1) is 0 Å². The Labute approximate surface area is 154 Å². The van der Waals surface area contributed by atoms with Crippen LogP contribution in [0.15, 0.2) is 0 Å². The molecule has 0 saturated heterocycles. The first-order valence-corrected chi connectivity index (χ1v) is 10.8. The van der Waals surface area contributed by atoms with Gasteiger partial charge in [-0.05, 0) is 24.2 Å². The molecule has 0 aromatic rings. The molecule has 1 aliphatic rings. The molecule has 1 rings (SSSR count). The van der Waals surface area contributed by atoms with E-state index >= 15 is 0 Å². The molecule has 0 radical (unpaired) electrons. The van der Waals surface area contributed by atoms with Crippen LogP contribution in [0, 0.1) is 11.3 Å². The van der Waals surface area contributed by atoms with Crippen molar-refractivity contribution in [1.29, 1.82) is 0 Å². The second-order valence-corrected chi connectivity index (χ2v) is 6.00. The van der Waals surface area contributed by atoms with Gasteiger partial charge in [0.05, 0.1) is 0 Å². The highest BCUT2D eigenvalue weighted by Gasteiger charge is 2.30. The minimum absolute atomic E-state index is 0.750. The molecule has 0 aromatic heterocycles. The third-order valence-corrected chi connectivity index (χ3v) is 2.64. The summed E-state index contributed by atoms with van der Waals surface area (Å²) in [4.78, 5) is 0. The number of hydrogen-bond acceptors (Lipinski definition) is 0. The van der Waals surface area contributed by atoms with Crippen LogP contribution in [0.5, 0.6) is 0 Å². The molecule has 0 heterocycles. The lowest BCUT2D eigenvalue weighted by Crippen LogP contribution is -1.85. The van der Waals surface area contributed by atoms with Gasteiger partial charge in [0.1, 0.15) is 0 Å². The molecule has 0 atom stereocenters. The van der Waals surface area contributed by atoms with Crippen LogP contribution >= 0.6 is 0 Å². The van der Waals surface area contributed by atoms with Gasteiger partial charge >= 0.3 is 0 Å². The normalized spacial score (nSPS) is 11.5. The monoisotopic (exact) mass is 334 g/mol. The smallest absolute Gasteiger partial charge is 0.0354 e. The van der Waals surface area contributed by atoms with Gasteiger partial charge in [0.15, 0.2) is 0 Å². The zero-order chi connectivity index (χ0) is 20.3. The van der Waals surface area contributed by atoms with Crippen LogP contribution in [0.25, 0.3) is 0 Å². The van der Waals surface area contributed by atoms with E-state index in [0.717, 1.165) is 11.3 Å². The third-order valence-electron chi connectivity index (χ3n) is 2.64. The Morgan fingerprint density at radius 1 is 0.609 bits per heavy atom. The van der Waals surface area contributed by atoms with E-state index in [4.69, 9.17) is 0 Å². The molecule has 150 valence electrons. The fraction of sp³-hybridized carbons (Fsp3) is 1.00.